The van der Waals surface area contributed by atoms with Crippen molar-refractivity contribution in [1.82, 2.24) is 52.5 Å². The van der Waals surface area contributed by atoms with Crippen LogP contribution in [0, 0.1) is 5.92 Å². The summed E-state index contributed by atoms with van der Waals surface area (Å²) in [5.74, 6) is -11.3. The highest BCUT2D eigenvalue weighted by molar-refractivity contribution is 5.98. The molecule has 1 aromatic heterocycles. The van der Waals surface area contributed by atoms with E-state index in [4.69, 9.17) is 17.2 Å². The maximum atomic E-state index is 14.2. The minimum Gasteiger partial charge on any atom is -0.479 e. The van der Waals surface area contributed by atoms with Crippen LogP contribution in [0.4, 0.5) is 0 Å². The van der Waals surface area contributed by atoms with Crippen LogP contribution in [0.5, 0.6) is 0 Å². The van der Waals surface area contributed by atoms with Gasteiger partial charge in [-0.15, -0.1) is 0 Å². The number of unbranched alkanes of at least 4 members (excludes halogenated alkanes) is 9. The van der Waals surface area contributed by atoms with Crippen LogP contribution >= 0.6 is 0 Å². The normalized spacial score (nSPS) is 15.3. The number of primary amides is 2. The molecule has 1 aromatic rings. The van der Waals surface area contributed by atoms with Crippen molar-refractivity contribution >= 4 is 65.0 Å². The second kappa shape index (κ2) is 38.6. The van der Waals surface area contributed by atoms with Gasteiger partial charge in [0.05, 0.1) is 24.2 Å². The number of carbonyl (C=O) groups is 11. The van der Waals surface area contributed by atoms with Gasteiger partial charge < -0.3 is 80.0 Å². The Bertz CT molecular complexity index is 2160. The Labute approximate surface area is 468 Å². The third-order valence-corrected chi connectivity index (χ3v) is 13.3. The van der Waals surface area contributed by atoms with Crippen LogP contribution in [0.2, 0.25) is 0 Å². The van der Waals surface area contributed by atoms with E-state index in [1.165, 1.54) is 39.2 Å². The van der Waals surface area contributed by atoms with E-state index in [-0.39, 0.29) is 56.3 Å². The summed E-state index contributed by atoms with van der Waals surface area (Å²) in [4.78, 5) is 153. The number of carboxylic acid groups (broad SMARTS) is 1. The molecule has 10 amide bonds. The van der Waals surface area contributed by atoms with Crippen molar-refractivity contribution in [3.05, 3.63) is 30.4 Å². The highest BCUT2D eigenvalue weighted by atomic mass is 16.4. The van der Waals surface area contributed by atoms with Crippen molar-refractivity contribution < 1.29 is 68.1 Å². The van der Waals surface area contributed by atoms with Crippen LogP contribution in [-0.2, 0) is 59.2 Å². The fourth-order valence-corrected chi connectivity index (χ4v) is 8.25. The zero-order valence-corrected chi connectivity index (χ0v) is 47.4. The van der Waals surface area contributed by atoms with Gasteiger partial charge in [0, 0.05) is 31.9 Å². The number of nitrogens with two attached hydrogens (primary N) is 3. The molecule has 11 atom stereocenters. The number of aliphatic hydroxyl groups excluding tert-OH is 2. The van der Waals surface area contributed by atoms with E-state index in [9.17, 15) is 68.1 Å². The van der Waals surface area contributed by atoms with E-state index in [1.54, 1.807) is 13.8 Å². The van der Waals surface area contributed by atoms with Gasteiger partial charge in [-0.2, -0.15) is 0 Å². The first-order valence-corrected chi connectivity index (χ1v) is 27.7. The number of hydrogen-bond donors (Lipinski definition) is 15. The van der Waals surface area contributed by atoms with Gasteiger partial charge in [-0.25, -0.2) is 9.78 Å². The average Bonchev–Trinajstić information content (AvgIpc) is 3.91. The first-order valence-electron chi connectivity index (χ1n) is 27.7. The molecule has 0 fully saturated rings. The number of imidazole rings is 1. The highest BCUT2D eigenvalue weighted by Gasteiger charge is 2.38. The number of aliphatic carboxylic acids is 1. The molecule has 1 rings (SSSR count). The summed E-state index contributed by atoms with van der Waals surface area (Å²) in [7, 11) is 0. The lowest BCUT2D eigenvalue weighted by Gasteiger charge is -2.30. The van der Waals surface area contributed by atoms with Gasteiger partial charge in [-0.1, -0.05) is 85.1 Å². The topological polar surface area (TPSA) is 451 Å². The molecule has 452 valence electrons. The number of nitrogens with zero attached hydrogens (tertiary/aromatic N) is 1. The molecule has 0 aliphatic heterocycles. The Kier molecular flexibility index (Phi) is 34.2. The molecule has 1 heterocycles. The Morgan fingerprint density at radius 2 is 1.00 bits per heavy atom. The molecular weight excluding hydrogens is 1040 g/mol. The molecule has 0 aliphatic carbocycles. The van der Waals surface area contributed by atoms with Crippen LogP contribution in [0.1, 0.15) is 163 Å². The number of aromatic amines is 1. The number of carboxylic acids is 1. The van der Waals surface area contributed by atoms with Crippen LogP contribution < -0.4 is 59.7 Å². The summed E-state index contributed by atoms with van der Waals surface area (Å²) in [5.41, 5.74) is 16.8. The summed E-state index contributed by atoms with van der Waals surface area (Å²) in [6.45, 7) is 12.9. The monoisotopic (exact) mass is 1130 g/mol. The molecule has 18 N–H and O–H groups in total. The smallest absolute Gasteiger partial charge is 0.330 e. The van der Waals surface area contributed by atoms with E-state index in [0.717, 1.165) is 45.4 Å². The number of rotatable bonds is 43. The Hall–Kier alpha value is -7.00. The predicted octanol–water partition coefficient (Wildman–Crippen LogP) is -1.12. The van der Waals surface area contributed by atoms with Crippen LogP contribution in [0.15, 0.2) is 24.7 Å². The SMILES string of the molecule is C=C(C)[C@@H](NC(=O)[C@H](CCCCN)NC(=O)[C@H](NC(=O)C(NC(=O)[C@@H](CCC(N)=O)NC(=O)[C@@H](NC(=O)[C@@H](Cc1c[nH]cn1)NC(=O)[C@H](CCC(N)=O)NC(=O)CCCCCCCCCCC)C(C)O)[C@@H](C)CC)C(C)O)C(=O)O. The van der Waals surface area contributed by atoms with E-state index < -0.39 is 144 Å². The Balaban J connectivity index is 3.41. The fourth-order valence-electron chi connectivity index (χ4n) is 8.25. The van der Waals surface area contributed by atoms with Gasteiger partial charge in [0.2, 0.25) is 59.1 Å². The van der Waals surface area contributed by atoms with Crippen molar-refractivity contribution in [2.45, 2.75) is 224 Å². The molecule has 3 unspecified atom stereocenters. The van der Waals surface area contributed by atoms with Crippen LogP contribution in [0.3, 0.4) is 0 Å². The zero-order valence-electron chi connectivity index (χ0n) is 47.4. The van der Waals surface area contributed by atoms with Crippen molar-refractivity contribution in [1.29, 1.82) is 0 Å². The summed E-state index contributed by atoms with van der Waals surface area (Å²) >= 11 is 0. The van der Waals surface area contributed by atoms with E-state index >= 15 is 0 Å². The minimum atomic E-state index is -1.84. The van der Waals surface area contributed by atoms with Crippen LogP contribution in [-0.4, -0.2) is 157 Å². The second-order valence-electron chi connectivity index (χ2n) is 20.4. The summed E-state index contributed by atoms with van der Waals surface area (Å²) in [5, 5.41) is 50.9. The molecule has 0 bridgehead atoms. The lowest BCUT2D eigenvalue weighted by molar-refractivity contribution is -0.141. The molecule has 27 nitrogen and oxygen atoms in total. The van der Waals surface area contributed by atoms with Gasteiger partial charge in [-0.05, 0) is 77.3 Å². The van der Waals surface area contributed by atoms with E-state index in [2.05, 4.69) is 66.0 Å². The number of hydrogen-bond acceptors (Lipinski definition) is 15. The van der Waals surface area contributed by atoms with Gasteiger partial charge in [0.1, 0.15) is 48.3 Å². The van der Waals surface area contributed by atoms with Crippen LogP contribution in [0.25, 0.3) is 0 Å². The molecule has 0 saturated heterocycles. The largest absolute Gasteiger partial charge is 0.479 e. The maximum Gasteiger partial charge on any atom is 0.330 e. The predicted molar refractivity (Wildman–Crippen MR) is 295 cm³/mol. The Morgan fingerprint density at radius 3 is 1.46 bits per heavy atom. The third-order valence-electron chi connectivity index (χ3n) is 13.3. The average molecular weight is 1130 g/mol. The molecule has 27 heteroatoms. The zero-order chi connectivity index (χ0) is 60.5. The maximum absolute atomic E-state index is 14.2. The summed E-state index contributed by atoms with van der Waals surface area (Å²) < 4.78 is 0. The lowest BCUT2D eigenvalue weighted by Crippen LogP contribution is -2.63. The molecule has 0 aromatic carbocycles. The Morgan fingerprint density at radius 1 is 0.562 bits per heavy atom. The van der Waals surface area contributed by atoms with Crippen molar-refractivity contribution in [3.8, 4) is 0 Å². The quantitative estimate of drug-likeness (QED) is 0.0272. The molecule has 0 aliphatic rings. The number of H-pyrrole nitrogens is 1. The standard InChI is InChI=1S/C53H91N13O14/c1-8-10-11-12-13-14-15-16-17-21-41(71)59-36(22-24-39(55)69)46(72)62-38(27-34-28-57-29-58-34)49(75)65-44(32(6)67)51(77)61-37(23-25-40(56)70)48(74)64-43(31(5)9-2)50(76)66-45(33(7)68)52(78)60-35(20-18-19-26-54)47(73)63-42(30(3)4)53(79)80/h28-29,31-33,35-38,42-45,67-68H,3,8-27,54H2,1-2,4-7H3,(H2,55,69)(H2,56,70)(H,57,58)(H,59,71)(H,60,78)(H,61,77)(H,62,72)(H,63,73)(H,64,74)(H,65,75)(H,66,76)(H,79,80)/t31-,32?,33?,35-,36-,37+,38+,42+,43?,44-,45+/m0/s1. The lowest BCUT2D eigenvalue weighted by atomic mass is 9.96. The van der Waals surface area contributed by atoms with Gasteiger partial charge >= 0.3 is 5.97 Å². The number of aromatic nitrogens is 2. The third kappa shape index (κ3) is 27.7. The van der Waals surface area contributed by atoms with Gasteiger partial charge in [-0.3, -0.25) is 47.9 Å². The highest BCUT2D eigenvalue weighted by Crippen LogP contribution is 2.14. The first-order chi connectivity index (χ1) is 37.8. The van der Waals surface area contributed by atoms with E-state index in [0.29, 0.717) is 19.3 Å². The number of carbonyl (C=O) groups excluding carboxylic acids is 10. The number of amides is 10. The molecular formula is C53H91N13O14. The minimum absolute atomic E-state index is 0.00985. The van der Waals surface area contributed by atoms with Crippen molar-refractivity contribution in [2.75, 3.05) is 6.54 Å². The number of nitrogens with one attached hydrogen (secondary N) is 9. The molecule has 0 radical (unpaired) electrons. The molecule has 0 saturated carbocycles. The summed E-state index contributed by atoms with van der Waals surface area (Å²) in [6.07, 6.45) is 7.93. The van der Waals surface area contributed by atoms with Gasteiger partial charge in [0.25, 0.3) is 0 Å². The first kappa shape index (κ1) is 71.0. The van der Waals surface area contributed by atoms with Gasteiger partial charge in [0.15, 0.2) is 0 Å². The number of aliphatic hydroxyl groups is 2. The van der Waals surface area contributed by atoms with Crippen molar-refractivity contribution in [2.24, 2.45) is 23.1 Å². The molecule has 0 spiro atoms. The van der Waals surface area contributed by atoms with Crippen molar-refractivity contribution in [3.63, 3.8) is 0 Å². The summed E-state index contributed by atoms with van der Waals surface area (Å²) in [6, 6.07) is -12.4. The fraction of sp³-hybridized carbons (Fsp3) is 0.698. The second-order valence-corrected chi connectivity index (χ2v) is 20.4. The molecule has 80 heavy (non-hydrogen) atoms. The van der Waals surface area contributed by atoms with E-state index in [1.807, 2.05) is 0 Å².